The van der Waals surface area contributed by atoms with Crippen molar-refractivity contribution in [3.63, 3.8) is 0 Å². The maximum absolute atomic E-state index is 12.8. The van der Waals surface area contributed by atoms with E-state index in [9.17, 15) is 9.90 Å². The van der Waals surface area contributed by atoms with Gasteiger partial charge >= 0.3 is 5.97 Å². The van der Waals surface area contributed by atoms with E-state index in [0.29, 0.717) is 5.71 Å². The van der Waals surface area contributed by atoms with Crippen LogP contribution in [0.4, 0.5) is 0 Å². The van der Waals surface area contributed by atoms with Crippen molar-refractivity contribution in [1.82, 2.24) is 0 Å². The van der Waals surface area contributed by atoms with Gasteiger partial charge in [0.1, 0.15) is 24.4 Å². The smallest absolute Gasteiger partial charge is 0.333 e. The van der Waals surface area contributed by atoms with Gasteiger partial charge in [-0.3, -0.25) is 4.99 Å². The molecule has 2 aromatic carbocycles. The number of aliphatic hydroxyl groups excluding tert-OH is 1. The van der Waals surface area contributed by atoms with Gasteiger partial charge in [0.2, 0.25) is 0 Å². The molecule has 33 heavy (non-hydrogen) atoms. The van der Waals surface area contributed by atoms with E-state index < -0.39 is 48.5 Å². The van der Waals surface area contributed by atoms with Crippen molar-refractivity contribution in [3.05, 3.63) is 71.8 Å². The minimum Gasteiger partial charge on any atom is -0.467 e. The summed E-state index contributed by atoms with van der Waals surface area (Å²) in [6.07, 6.45) is -4.22. The highest BCUT2D eigenvalue weighted by atomic mass is 16.8. The third kappa shape index (κ3) is 4.85. The van der Waals surface area contributed by atoms with Crippen LogP contribution in [0.25, 0.3) is 0 Å². The second kappa shape index (κ2) is 9.70. The molecule has 0 radical (unpaired) electrons. The van der Waals surface area contributed by atoms with E-state index in [1.807, 2.05) is 60.7 Å². The molecule has 2 unspecified atom stereocenters. The Morgan fingerprint density at radius 1 is 0.970 bits per heavy atom. The van der Waals surface area contributed by atoms with Gasteiger partial charge in [-0.15, -0.1) is 0 Å². The van der Waals surface area contributed by atoms with Gasteiger partial charge in [-0.1, -0.05) is 60.7 Å². The lowest BCUT2D eigenvalue weighted by Gasteiger charge is -2.28. The summed E-state index contributed by atoms with van der Waals surface area (Å²) >= 11 is 0. The van der Waals surface area contributed by atoms with E-state index in [2.05, 4.69) is 0 Å². The number of ether oxygens (including phenoxy) is 5. The molecule has 176 valence electrons. The second-order valence-electron chi connectivity index (χ2n) is 8.44. The molecular formula is C25H29NO7. The summed E-state index contributed by atoms with van der Waals surface area (Å²) in [5, 5.41) is 11.4. The van der Waals surface area contributed by atoms with Crippen LogP contribution >= 0.6 is 0 Å². The first-order valence-corrected chi connectivity index (χ1v) is 10.8. The summed E-state index contributed by atoms with van der Waals surface area (Å²) in [6.45, 7) is 3.56. The van der Waals surface area contributed by atoms with Crippen LogP contribution in [0.5, 0.6) is 0 Å². The molecule has 4 rings (SSSR count). The molecule has 2 fully saturated rings. The summed E-state index contributed by atoms with van der Waals surface area (Å²) < 4.78 is 28.2. The molecule has 2 saturated heterocycles. The lowest BCUT2D eigenvalue weighted by atomic mass is 9.98. The van der Waals surface area contributed by atoms with Gasteiger partial charge in [-0.2, -0.15) is 0 Å². The van der Waals surface area contributed by atoms with E-state index >= 15 is 0 Å². The topological polar surface area (TPSA) is 95.8 Å². The molecule has 2 aliphatic heterocycles. The first kappa shape index (κ1) is 23.5. The highest BCUT2D eigenvalue weighted by Gasteiger charge is 2.59. The number of aliphatic imine (C=N–C) groups is 1. The monoisotopic (exact) mass is 455 g/mol. The number of hydrogen-bond acceptors (Lipinski definition) is 8. The van der Waals surface area contributed by atoms with Crippen molar-refractivity contribution in [2.24, 2.45) is 4.99 Å². The summed E-state index contributed by atoms with van der Waals surface area (Å²) in [6, 6.07) is 17.7. The molecule has 1 N–H and O–H groups in total. The zero-order valence-electron chi connectivity index (χ0n) is 19.1. The van der Waals surface area contributed by atoms with Gasteiger partial charge in [0.25, 0.3) is 0 Å². The number of esters is 1. The Hall–Kier alpha value is -2.62. The predicted molar refractivity (Wildman–Crippen MR) is 120 cm³/mol. The fourth-order valence-corrected chi connectivity index (χ4v) is 4.27. The Morgan fingerprint density at radius 2 is 1.52 bits per heavy atom. The Morgan fingerprint density at radius 3 is 2.03 bits per heavy atom. The average molecular weight is 456 g/mol. The van der Waals surface area contributed by atoms with Gasteiger partial charge < -0.3 is 28.8 Å². The first-order valence-electron chi connectivity index (χ1n) is 10.8. The first-order chi connectivity index (χ1) is 15.8. The Labute approximate surface area is 193 Å². The molecule has 0 saturated carbocycles. The Bertz CT molecular complexity index is 937. The number of nitrogens with zero attached hydrogens (tertiary/aromatic N) is 1. The molecule has 6 atom stereocenters. The molecule has 2 heterocycles. The van der Waals surface area contributed by atoms with Gasteiger partial charge in [-0.05, 0) is 13.8 Å². The molecule has 0 aliphatic carbocycles. The normalized spacial score (nSPS) is 27.4. The summed E-state index contributed by atoms with van der Waals surface area (Å²) in [4.78, 5) is 17.5. The van der Waals surface area contributed by atoms with Crippen LogP contribution in [0.15, 0.2) is 65.7 Å². The van der Waals surface area contributed by atoms with Crippen molar-refractivity contribution in [2.45, 2.75) is 56.4 Å². The van der Waals surface area contributed by atoms with Crippen LogP contribution in [0.1, 0.15) is 25.0 Å². The minimum atomic E-state index is -1.37. The van der Waals surface area contributed by atoms with Crippen molar-refractivity contribution in [2.75, 3.05) is 14.2 Å². The number of aliphatic hydroxyl groups is 1. The van der Waals surface area contributed by atoms with Gasteiger partial charge in [-0.25, -0.2) is 4.79 Å². The summed E-state index contributed by atoms with van der Waals surface area (Å²) in [5.41, 5.74) is 2.14. The van der Waals surface area contributed by atoms with Crippen LogP contribution in [0, 0.1) is 0 Å². The van der Waals surface area contributed by atoms with E-state index in [-0.39, 0.29) is 0 Å². The molecule has 0 amide bonds. The minimum absolute atomic E-state index is 0.547. The fourth-order valence-electron chi connectivity index (χ4n) is 4.27. The standard InChI is InChI=1S/C25H29NO7/c1-25(2)32-21-20(31-24(30-4)22(21)33-25)19(27)18(23(28)29-3)26-17(15-11-7-5-8-12-15)16-13-9-6-10-14-16/h5-14,18-22,24,27H,1-4H3/t18?,19?,20-,21-,22-,24-/m1/s1. The maximum atomic E-state index is 12.8. The van der Waals surface area contributed by atoms with E-state index in [4.69, 9.17) is 28.7 Å². The molecule has 0 spiro atoms. The Kier molecular flexibility index (Phi) is 6.92. The number of carbonyl (C=O) groups excluding carboxylic acids is 1. The van der Waals surface area contributed by atoms with Crippen LogP contribution in [-0.2, 0) is 28.5 Å². The molecule has 0 bridgehead atoms. The number of carbonyl (C=O) groups is 1. The fraction of sp³-hybridized carbons (Fsp3) is 0.440. The zero-order valence-corrected chi connectivity index (χ0v) is 19.1. The van der Waals surface area contributed by atoms with E-state index in [1.54, 1.807) is 13.8 Å². The third-order valence-electron chi connectivity index (χ3n) is 5.74. The number of methoxy groups -OCH3 is 2. The number of hydrogen-bond donors (Lipinski definition) is 1. The number of rotatable bonds is 7. The van der Waals surface area contributed by atoms with Crippen molar-refractivity contribution >= 4 is 11.7 Å². The second-order valence-corrected chi connectivity index (χ2v) is 8.44. The van der Waals surface area contributed by atoms with E-state index in [1.165, 1.54) is 14.2 Å². The summed E-state index contributed by atoms with van der Waals surface area (Å²) in [7, 11) is 2.75. The van der Waals surface area contributed by atoms with Gasteiger partial charge in [0, 0.05) is 18.2 Å². The highest BCUT2D eigenvalue weighted by molar-refractivity contribution is 6.13. The third-order valence-corrected chi connectivity index (χ3v) is 5.74. The van der Waals surface area contributed by atoms with Crippen molar-refractivity contribution in [1.29, 1.82) is 0 Å². The predicted octanol–water partition coefficient (Wildman–Crippen LogP) is 2.32. The highest BCUT2D eigenvalue weighted by Crippen LogP contribution is 2.40. The summed E-state index contributed by atoms with van der Waals surface area (Å²) in [5.74, 6) is -1.57. The van der Waals surface area contributed by atoms with Crippen LogP contribution < -0.4 is 0 Å². The molecular weight excluding hydrogens is 426 g/mol. The quantitative estimate of drug-likeness (QED) is 0.506. The van der Waals surface area contributed by atoms with Crippen LogP contribution in [0.2, 0.25) is 0 Å². The van der Waals surface area contributed by atoms with E-state index in [0.717, 1.165) is 11.1 Å². The number of benzene rings is 2. The zero-order chi connectivity index (χ0) is 23.6. The molecule has 8 heteroatoms. The largest absolute Gasteiger partial charge is 0.467 e. The lowest BCUT2D eigenvalue weighted by Crippen LogP contribution is -2.48. The molecule has 2 aromatic rings. The van der Waals surface area contributed by atoms with Crippen molar-refractivity contribution in [3.8, 4) is 0 Å². The average Bonchev–Trinajstić information content (AvgIpc) is 3.32. The number of fused-ring (bicyclic) bond motifs is 1. The molecule has 8 nitrogen and oxygen atoms in total. The molecule has 2 aliphatic rings. The van der Waals surface area contributed by atoms with Crippen LogP contribution in [0.3, 0.4) is 0 Å². The Balaban J connectivity index is 1.73. The lowest BCUT2D eigenvalue weighted by molar-refractivity contribution is -0.238. The van der Waals surface area contributed by atoms with Crippen molar-refractivity contribution < 1.29 is 33.6 Å². The van der Waals surface area contributed by atoms with Gasteiger partial charge in [0.05, 0.1) is 12.8 Å². The SMILES string of the molecule is COC(=O)C(N=C(c1ccccc1)c1ccccc1)C(O)[C@H]1O[C@@H](OC)[C@@H]2OC(C)(C)O[C@@H]21. The van der Waals surface area contributed by atoms with Crippen LogP contribution in [-0.4, -0.2) is 73.5 Å². The molecule has 0 aromatic heterocycles. The maximum Gasteiger partial charge on any atom is 0.333 e. The van der Waals surface area contributed by atoms with Gasteiger partial charge in [0.15, 0.2) is 18.1 Å².